The Hall–Kier alpha value is -2.48. The van der Waals surface area contributed by atoms with Crippen molar-refractivity contribution in [2.45, 2.75) is 40.0 Å². The SMILES string of the molecule is CCN(CC)C(=O)Nc1nnc(C2CC(=O)N(c3ccc(C)c(C)c3)C2)s1. The third kappa shape index (κ3) is 4.10. The highest BCUT2D eigenvalue weighted by atomic mass is 32.1. The van der Waals surface area contributed by atoms with Crippen LogP contribution in [0.4, 0.5) is 15.6 Å². The highest BCUT2D eigenvalue weighted by Crippen LogP contribution is 2.34. The molecule has 0 saturated carbocycles. The summed E-state index contributed by atoms with van der Waals surface area (Å²) in [6.45, 7) is 9.82. The Morgan fingerprint density at radius 3 is 2.67 bits per heavy atom. The molecule has 1 N–H and O–H groups in total. The predicted molar refractivity (Wildman–Crippen MR) is 107 cm³/mol. The van der Waals surface area contributed by atoms with Gasteiger partial charge < -0.3 is 9.80 Å². The van der Waals surface area contributed by atoms with Crippen molar-refractivity contribution in [2.24, 2.45) is 0 Å². The van der Waals surface area contributed by atoms with Crippen LogP contribution in [0.25, 0.3) is 0 Å². The zero-order valence-corrected chi connectivity index (χ0v) is 17.0. The van der Waals surface area contributed by atoms with Gasteiger partial charge in [-0.15, -0.1) is 10.2 Å². The van der Waals surface area contributed by atoms with E-state index in [0.717, 1.165) is 10.7 Å². The Kier molecular flexibility index (Phi) is 5.74. The van der Waals surface area contributed by atoms with E-state index in [0.29, 0.717) is 31.2 Å². The van der Waals surface area contributed by atoms with E-state index in [9.17, 15) is 9.59 Å². The molecule has 1 aliphatic heterocycles. The van der Waals surface area contributed by atoms with E-state index in [1.54, 1.807) is 4.90 Å². The Bertz CT molecular complexity index is 846. The molecule has 1 aromatic heterocycles. The molecule has 1 atom stereocenters. The van der Waals surface area contributed by atoms with Gasteiger partial charge in [-0.1, -0.05) is 17.4 Å². The first-order valence-corrected chi connectivity index (χ1v) is 10.0. The van der Waals surface area contributed by atoms with Gasteiger partial charge in [0.1, 0.15) is 5.01 Å². The molecule has 1 saturated heterocycles. The first kappa shape index (κ1) is 19.3. The number of nitrogens with one attached hydrogen (secondary N) is 1. The van der Waals surface area contributed by atoms with Crippen LogP contribution in [0.15, 0.2) is 18.2 Å². The van der Waals surface area contributed by atoms with Crippen LogP contribution in [-0.2, 0) is 4.79 Å². The Balaban J connectivity index is 1.69. The number of rotatable bonds is 5. The summed E-state index contributed by atoms with van der Waals surface area (Å²) in [5.74, 6) is 0.0860. The molecule has 0 radical (unpaired) electrons. The van der Waals surface area contributed by atoms with Gasteiger partial charge >= 0.3 is 6.03 Å². The molecule has 3 rings (SSSR count). The van der Waals surface area contributed by atoms with Gasteiger partial charge in [-0.2, -0.15) is 0 Å². The van der Waals surface area contributed by atoms with Crippen LogP contribution in [0.3, 0.4) is 0 Å². The second-order valence-electron chi connectivity index (χ2n) is 6.72. The van der Waals surface area contributed by atoms with Crippen molar-refractivity contribution in [3.05, 3.63) is 34.3 Å². The molecule has 3 amide bonds. The van der Waals surface area contributed by atoms with E-state index >= 15 is 0 Å². The van der Waals surface area contributed by atoms with E-state index in [2.05, 4.69) is 22.4 Å². The van der Waals surface area contributed by atoms with Crippen molar-refractivity contribution in [1.29, 1.82) is 0 Å². The molecule has 0 aliphatic carbocycles. The van der Waals surface area contributed by atoms with Crippen LogP contribution in [0.5, 0.6) is 0 Å². The number of hydrogen-bond acceptors (Lipinski definition) is 5. The quantitative estimate of drug-likeness (QED) is 0.851. The lowest BCUT2D eigenvalue weighted by atomic mass is 10.1. The van der Waals surface area contributed by atoms with Gasteiger partial charge in [-0.05, 0) is 51.0 Å². The number of aryl methyl sites for hydroxylation is 2. The summed E-state index contributed by atoms with van der Waals surface area (Å²) < 4.78 is 0. The van der Waals surface area contributed by atoms with Crippen LogP contribution in [0.2, 0.25) is 0 Å². The second-order valence-corrected chi connectivity index (χ2v) is 7.73. The van der Waals surface area contributed by atoms with Crippen molar-refractivity contribution < 1.29 is 9.59 Å². The summed E-state index contributed by atoms with van der Waals surface area (Å²) in [5.41, 5.74) is 3.30. The largest absolute Gasteiger partial charge is 0.325 e. The highest BCUT2D eigenvalue weighted by Gasteiger charge is 2.34. The number of urea groups is 1. The van der Waals surface area contributed by atoms with Crippen LogP contribution in [-0.4, -0.2) is 46.7 Å². The first-order chi connectivity index (χ1) is 12.9. The minimum Gasteiger partial charge on any atom is -0.325 e. The lowest BCUT2D eigenvalue weighted by Crippen LogP contribution is -2.34. The maximum absolute atomic E-state index is 12.5. The Labute approximate surface area is 163 Å². The molecule has 0 bridgehead atoms. The summed E-state index contributed by atoms with van der Waals surface area (Å²) in [6, 6.07) is 5.89. The fraction of sp³-hybridized carbons (Fsp3) is 0.474. The molecule has 1 unspecified atom stereocenters. The minimum atomic E-state index is -0.179. The molecule has 7 nitrogen and oxygen atoms in total. The van der Waals surface area contributed by atoms with Crippen LogP contribution in [0.1, 0.15) is 42.3 Å². The molecule has 1 aliphatic rings. The van der Waals surface area contributed by atoms with Crippen molar-refractivity contribution in [1.82, 2.24) is 15.1 Å². The molecule has 27 heavy (non-hydrogen) atoms. The molecule has 1 aromatic carbocycles. The van der Waals surface area contributed by atoms with Gasteiger partial charge in [0, 0.05) is 37.7 Å². The number of benzene rings is 1. The molecular formula is C19H25N5O2S. The number of amides is 3. The molecule has 2 heterocycles. The van der Waals surface area contributed by atoms with Gasteiger partial charge in [0.05, 0.1) is 0 Å². The van der Waals surface area contributed by atoms with Crippen molar-refractivity contribution in [3.8, 4) is 0 Å². The monoisotopic (exact) mass is 387 g/mol. The van der Waals surface area contributed by atoms with Gasteiger partial charge in [0.15, 0.2) is 0 Å². The Morgan fingerprint density at radius 2 is 2.00 bits per heavy atom. The zero-order valence-electron chi connectivity index (χ0n) is 16.2. The van der Waals surface area contributed by atoms with Gasteiger partial charge in [-0.3, -0.25) is 10.1 Å². The highest BCUT2D eigenvalue weighted by molar-refractivity contribution is 7.15. The van der Waals surface area contributed by atoms with E-state index in [-0.39, 0.29) is 17.9 Å². The molecule has 1 fully saturated rings. The lowest BCUT2D eigenvalue weighted by molar-refractivity contribution is -0.117. The molecule has 2 aromatic rings. The summed E-state index contributed by atoms with van der Waals surface area (Å²) in [7, 11) is 0. The molecule has 0 spiro atoms. The van der Waals surface area contributed by atoms with Gasteiger partial charge in [-0.25, -0.2) is 4.79 Å². The average Bonchev–Trinajstić information content (AvgIpc) is 3.25. The molecular weight excluding hydrogens is 362 g/mol. The maximum Gasteiger partial charge on any atom is 0.323 e. The lowest BCUT2D eigenvalue weighted by Gasteiger charge is -2.18. The fourth-order valence-electron chi connectivity index (χ4n) is 3.15. The van der Waals surface area contributed by atoms with Crippen LogP contribution in [0, 0.1) is 13.8 Å². The van der Waals surface area contributed by atoms with E-state index < -0.39 is 0 Å². The number of carbonyl (C=O) groups excluding carboxylic acids is 2. The van der Waals surface area contributed by atoms with Crippen molar-refractivity contribution in [3.63, 3.8) is 0 Å². The van der Waals surface area contributed by atoms with Crippen molar-refractivity contribution in [2.75, 3.05) is 29.9 Å². The van der Waals surface area contributed by atoms with Crippen molar-refractivity contribution >= 4 is 34.1 Å². The smallest absolute Gasteiger partial charge is 0.323 e. The average molecular weight is 388 g/mol. The topological polar surface area (TPSA) is 78.4 Å². The molecule has 144 valence electrons. The predicted octanol–water partition coefficient (Wildman–Crippen LogP) is 3.55. The maximum atomic E-state index is 12.5. The fourth-order valence-corrected chi connectivity index (χ4v) is 3.97. The van der Waals surface area contributed by atoms with Gasteiger partial charge in [0.25, 0.3) is 0 Å². The number of aromatic nitrogens is 2. The standard InChI is InChI=1S/C19H25N5O2S/c1-5-23(6-2)19(26)20-18-22-21-17(27-18)14-10-16(25)24(11-14)15-8-7-12(3)13(4)9-15/h7-9,14H,5-6,10-11H2,1-4H3,(H,20,22,26). The van der Waals surface area contributed by atoms with E-state index in [4.69, 9.17) is 0 Å². The number of nitrogens with zero attached hydrogens (tertiary/aromatic N) is 4. The van der Waals surface area contributed by atoms with E-state index in [1.807, 2.05) is 43.9 Å². The number of anilines is 2. The van der Waals surface area contributed by atoms with Crippen LogP contribution < -0.4 is 10.2 Å². The molecule has 8 heteroatoms. The van der Waals surface area contributed by atoms with Crippen LogP contribution >= 0.6 is 11.3 Å². The normalized spacial score (nSPS) is 16.7. The third-order valence-electron chi connectivity index (χ3n) is 4.98. The van der Waals surface area contributed by atoms with E-state index in [1.165, 1.54) is 22.5 Å². The minimum absolute atomic E-state index is 0.00397. The third-order valence-corrected chi connectivity index (χ3v) is 5.98. The first-order valence-electron chi connectivity index (χ1n) is 9.19. The zero-order chi connectivity index (χ0) is 19.6. The van der Waals surface area contributed by atoms with Gasteiger partial charge in [0.2, 0.25) is 11.0 Å². The summed E-state index contributed by atoms with van der Waals surface area (Å²) in [5, 5.41) is 12.3. The summed E-state index contributed by atoms with van der Waals surface area (Å²) in [6.07, 6.45) is 0.408. The number of hydrogen-bond donors (Lipinski definition) is 1. The summed E-state index contributed by atoms with van der Waals surface area (Å²) >= 11 is 1.34. The second kappa shape index (κ2) is 8.04. The summed E-state index contributed by atoms with van der Waals surface area (Å²) in [4.78, 5) is 28.2. The number of carbonyl (C=O) groups is 2. The Morgan fingerprint density at radius 1 is 1.26 bits per heavy atom.